The molecule has 4 aliphatic rings. The molecule has 4 saturated carbocycles. The number of rotatable bonds is 9. The number of nitrogens with one attached hydrogen (secondary N) is 2. The average Bonchev–Trinajstić information content (AvgIpc) is 3.46. The quantitative estimate of drug-likeness (QED) is 0.487. The highest BCUT2D eigenvalue weighted by molar-refractivity contribution is 7.14. The van der Waals surface area contributed by atoms with Gasteiger partial charge in [-0.3, -0.25) is 14.6 Å². The molecular formula is C26H33ClN4O2S. The molecule has 0 unspecified atom stereocenters. The van der Waals surface area contributed by atoms with E-state index in [1.165, 1.54) is 24.2 Å². The summed E-state index contributed by atoms with van der Waals surface area (Å²) in [5.41, 5.74) is 0.937. The Hall–Kier alpha value is -2.12. The van der Waals surface area contributed by atoms with Crippen LogP contribution in [0.15, 0.2) is 30.6 Å². The summed E-state index contributed by atoms with van der Waals surface area (Å²) in [7, 11) is 1.99. The molecular weight excluding hydrogens is 468 g/mol. The predicted octanol–water partition coefficient (Wildman–Crippen LogP) is 5.34. The maximum absolute atomic E-state index is 13.2. The highest BCUT2D eigenvalue weighted by Gasteiger charge is 2.57. The van der Waals surface area contributed by atoms with Gasteiger partial charge in [-0.05, 0) is 62.6 Å². The second-order valence-corrected chi connectivity index (χ2v) is 12.1. The van der Waals surface area contributed by atoms with E-state index in [0.717, 1.165) is 55.0 Å². The van der Waals surface area contributed by atoms with E-state index in [0.29, 0.717) is 15.8 Å². The van der Waals surface area contributed by atoms with Crippen molar-refractivity contribution in [1.29, 1.82) is 0 Å². The van der Waals surface area contributed by atoms with E-state index in [2.05, 4.69) is 27.4 Å². The number of thiophene rings is 1. The molecule has 4 fully saturated rings. The fourth-order valence-corrected chi connectivity index (χ4v) is 6.90. The van der Waals surface area contributed by atoms with Gasteiger partial charge in [-0.1, -0.05) is 37.3 Å². The lowest BCUT2D eigenvalue weighted by Crippen LogP contribution is -2.70. The lowest BCUT2D eigenvalue weighted by Gasteiger charge is -2.62. The van der Waals surface area contributed by atoms with E-state index in [9.17, 15) is 9.59 Å². The Bertz CT molecular complexity index is 1050. The topological polar surface area (TPSA) is 74.3 Å². The van der Waals surface area contributed by atoms with Crippen molar-refractivity contribution in [3.63, 3.8) is 0 Å². The summed E-state index contributed by atoms with van der Waals surface area (Å²) in [6.07, 6.45) is 12.2. The third-order valence-electron chi connectivity index (χ3n) is 8.03. The second kappa shape index (κ2) is 9.50. The first kappa shape index (κ1) is 23.6. The van der Waals surface area contributed by atoms with E-state index in [4.69, 9.17) is 11.6 Å². The molecule has 6 nitrogen and oxygen atoms in total. The van der Waals surface area contributed by atoms with Crippen LogP contribution in [0.5, 0.6) is 0 Å². The van der Waals surface area contributed by atoms with Gasteiger partial charge in [0.1, 0.15) is 6.04 Å². The fraction of sp³-hybridized carbons (Fsp3) is 0.577. The van der Waals surface area contributed by atoms with Crippen LogP contribution in [0.25, 0.3) is 0 Å². The number of anilines is 1. The third-order valence-corrected chi connectivity index (χ3v) is 9.49. The van der Waals surface area contributed by atoms with Gasteiger partial charge in [0.2, 0.25) is 5.91 Å². The Morgan fingerprint density at radius 3 is 2.62 bits per heavy atom. The zero-order chi connectivity index (χ0) is 23.9. The first-order valence-corrected chi connectivity index (χ1v) is 13.6. The van der Waals surface area contributed by atoms with E-state index in [1.54, 1.807) is 12.4 Å². The number of halogens is 1. The lowest BCUT2D eigenvalue weighted by molar-refractivity contribution is -0.135. The Balaban J connectivity index is 1.25. The van der Waals surface area contributed by atoms with Gasteiger partial charge < -0.3 is 15.5 Å². The van der Waals surface area contributed by atoms with Gasteiger partial charge in [0, 0.05) is 23.7 Å². The zero-order valence-electron chi connectivity index (χ0n) is 19.9. The average molecular weight is 501 g/mol. The van der Waals surface area contributed by atoms with Crippen molar-refractivity contribution >= 4 is 40.4 Å². The number of carbonyl (C=O) groups is 2. The summed E-state index contributed by atoms with van der Waals surface area (Å²) >= 11 is 7.57. The Morgan fingerprint density at radius 1 is 1.24 bits per heavy atom. The number of hydrogen-bond acceptors (Lipinski definition) is 5. The molecule has 2 N–H and O–H groups in total. The smallest absolute Gasteiger partial charge is 0.262 e. The van der Waals surface area contributed by atoms with Crippen molar-refractivity contribution in [2.75, 3.05) is 11.9 Å². The molecule has 2 heterocycles. The number of pyridine rings is 1. The highest BCUT2D eigenvalue weighted by Crippen LogP contribution is 2.57. The number of amides is 2. The molecule has 0 aromatic carbocycles. The highest BCUT2D eigenvalue weighted by atomic mass is 35.5. The van der Waals surface area contributed by atoms with Crippen molar-refractivity contribution in [2.24, 2.45) is 11.8 Å². The van der Waals surface area contributed by atoms with Crippen LogP contribution in [-0.4, -0.2) is 35.4 Å². The first-order valence-electron chi connectivity index (χ1n) is 12.4. The summed E-state index contributed by atoms with van der Waals surface area (Å²) in [4.78, 5) is 34.3. The molecule has 0 radical (unpaired) electrons. The minimum atomic E-state index is -0.465. The number of nitrogens with zero attached hydrogens (tertiary/aromatic N) is 2. The van der Waals surface area contributed by atoms with Crippen LogP contribution in [-0.2, 0) is 4.79 Å². The lowest BCUT2D eigenvalue weighted by atomic mass is 9.50. The molecule has 2 atom stereocenters. The molecule has 0 saturated heterocycles. The van der Waals surface area contributed by atoms with Crippen LogP contribution in [0.1, 0.15) is 78.9 Å². The molecule has 182 valence electrons. The van der Waals surface area contributed by atoms with E-state index in [1.807, 2.05) is 25.2 Å². The van der Waals surface area contributed by atoms with Gasteiger partial charge in [-0.15, -0.1) is 11.3 Å². The van der Waals surface area contributed by atoms with Crippen molar-refractivity contribution in [2.45, 2.75) is 75.9 Å². The van der Waals surface area contributed by atoms with Crippen LogP contribution in [0.3, 0.4) is 0 Å². The van der Waals surface area contributed by atoms with Gasteiger partial charge in [0.15, 0.2) is 0 Å². The molecule has 6 rings (SSSR count). The summed E-state index contributed by atoms with van der Waals surface area (Å²) in [6.45, 7) is 2.09. The van der Waals surface area contributed by atoms with Gasteiger partial charge >= 0.3 is 0 Å². The molecule has 0 aliphatic heterocycles. The summed E-state index contributed by atoms with van der Waals surface area (Å²) < 4.78 is 0. The summed E-state index contributed by atoms with van der Waals surface area (Å²) in [5.74, 6) is 1.15. The molecule has 2 aromatic rings. The van der Waals surface area contributed by atoms with Crippen molar-refractivity contribution in [3.05, 3.63) is 45.4 Å². The molecule has 0 spiro atoms. The summed E-state index contributed by atoms with van der Waals surface area (Å²) in [5, 5.41) is 6.96. The number of hydrogen-bond donors (Lipinski definition) is 2. The zero-order valence-corrected chi connectivity index (χ0v) is 21.4. The third kappa shape index (κ3) is 4.82. The normalized spacial score (nSPS) is 25.1. The van der Waals surface area contributed by atoms with E-state index >= 15 is 0 Å². The molecule has 34 heavy (non-hydrogen) atoms. The molecule has 8 heteroatoms. The molecule has 4 aliphatic carbocycles. The molecule has 2 aromatic heterocycles. The van der Waals surface area contributed by atoms with Crippen molar-refractivity contribution < 1.29 is 9.59 Å². The first-order chi connectivity index (χ1) is 16.3. The predicted molar refractivity (Wildman–Crippen MR) is 136 cm³/mol. The molecule has 2 amide bonds. The van der Waals surface area contributed by atoms with Gasteiger partial charge in [-0.25, -0.2) is 0 Å². The standard InChI is InChI=1S/C26H33ClN4O2S/c1-16(31(2)20-10-19(27)14-28-15-20)22-7-8-23(34-22)25(33)29-21(9-17-5-3-4-6-17)24(32)30-26-11-18(12-26)13-26/h7-8,10,14-18,21H,3-6,9,11-13H2,1-2H3,(H,29,33)(H,30,32)/t16-,18?,21-,26?/m0/s1. The van der Waals surface area contributed by atoms with E-state index in [-0.39, 0.29) is 23.4 Å². The van der Waals surface area contributed by atoms with Gasteiger partial charge in [0.25, 0.3) is 5.91 Å². The van der Waals surface area contributed by atoms with Gasteiger partial charge in [-0.2, -0.15) is 0 Å². The van der Waals surface area contributed by atoms with Crippen LogP contribution >= 0.6 is 22.9 Å². The van der Waals surface area contributed by atoms with Crippen molar-refractivity contribution in [3.8, 4) is 0 Å². The Morgan fingerprint density at radius 2 is 1.97 bits per heavy atom. The monoisotopic (exact) mass is 500 g/mol. The van der Waals surface area contributed by atoms with Gasteiger partial charge in [0.05, 0.1) is 27.8 Å². The molecule has 2 bridgehead atoms. The van der Waals surface area contributed by atoms with Crippen molar-refractivity contribution in [1.82, 2.24) is 15.6 Å². The SMILES string of the molecule is C[C@@H](c1ccc(C(=O)N[C@@H](CC2CCCC2)C(=O)NC23CC(C2)C3)s1)N(C)c1cncc(Cl)c1. The van der Waals surface area contributed by atoms with Crippen LogP contribution in [0.2, 0.25) is 5.02 Å². The second-order valence-electron chi connectivity index (χ2n) is 10.5. The maximum atomic E-state index is 13.2. The number of carbonyl (C=O) groups excluding carboxylic acids is 2. The fourth-order valence-electron chi connectivity index (χ4n) is 5.73. The van der Waals surface area contributed by atoms with E-state index < -0.39 is 6.04 Å². The minimum Gasteiger partial charge on any atom is -0.366 e. The van der Waals surface area contributed by atoms with Crippen LogP contribution in [0, 0.1) is 11.8 Å². The van der Waals surface area contributed by atoms with Crippen LogP contribution < -0.4 is 15.5 Å². The Kier molecular flexibility index (Phi) is 6.60. The van der Waals surface area contributed by atoms with Crippen LogP contribution in [0.4, 0.5) is 5.69 Å². The summed E-state index contributed by atoms with van der Waals surface area (Å²) in [6, 6.07) is 5.32. The number of aromatic nitrogens is 1. The minimum absolute atomic E-state index is 0.00302. The Labute approximate surface area is 210 Å². The largest absolute Gasteiger partial charge is 0.366 e. The maximum Gasteiger partial charge on any atom is 0.262 e.